The molecule has 0 amide bonds. The van der Waals surface area contributed by atoms with Crippen molar-refractivity contribution in [2.45, 2.75) is 13.8 Å². The second kappa shape index (κ2) is 6.61. The van der Waals surface area contributed by atoms with Gasteiger partial charge >= 0.3 is 0 Å². The van der Waals surface area contributed by atoms with Crippen LogP contribution in [0.25, 0.3) is 0 Å². The zero-order valence-electron chi connectivity index (χ0n) is 11.3. The van der Waals surface area contributed by atoms with Crippen LogP contribution in [0.15, 0.2) is 39.4 Å². The minimum absolute atomic E-state index is 0.203. The van der Waals surface area contributed by atoms with Crippen molar-refractivity contribution >= 4 is 21.7 Å². The monoisotopic (exact) mass is 338 g/mol. The predicted molar refractivity (Wildman–Crippen MR) is 78.6 cm³/mol. The van der Waals surface area contributed by atoms with Gasteiger partial charge in [-0.15, -0.1) is 0 Å². The largest absolute Gasteiger partial charge is 0.490 e. The van der Waals surface area contributed by atoms with Gasteiger partial charge in [-0.1, -0.05) is 0 Å². The maximum absolute atomic E-state index is 12.3. The maximum Gasteiger partial charge on any atom is 0.229 e. The molecule has 106 valence electrons. The van der Waals surface area contributed by atoms with E-state index >= 15 is 0 Å². The van der Waals surface area contributed by atoms with E-state index in [2.05, 4.69) is 15.9 Å². The lowest BCUT2D eigenvalue weighted by Crippen LogP contribution is -2.04. The Hall–Kier alpha value is -1.75. The van der Waals surface area contributed by atoms with Gasteiger partial charge < -0.3 is 13.9 Å². The van der Waals surface area contributed by atoms with Gasteiger partial charge in [0.1, 0.15) is 0 Å². The number of carbonyl (C=O) groups is 1. The first-order valence-corrected chi connectivity index (χ1v) is 7.14. The molecule has 0 unspecified atom stereocenters. The molecule has 0 aliphatic carbocycles. The molecule has 0 spiro atoms. The van der Waals surface area contributed by atoms with Gasteiger partial charge in [0.25, 0.3) is 0 Å². The molecular weight excluding hydrogens is 324 g/mol. The Labute approximate surface area is 125 Å². The van der Waals surface area contributed by atoms with E-state index in [1.165, 1.54) is 6.26 Å². The third kappa shape index (κ3) is 3.04. The van der Waals surface area contributed by atoms with E-state index in [0.717, 1.165) is 0 Å². The van der Waals surface area contributed by atoms with E-state index in [1.54, 1.807) is 24.3 Å². The molecule has 0 saturated heterocycles. The zero-order valence-corrected chi connectivity index (χ0v) is 12.9. The Balaban J connectivity index is 2.43. The molecule has 2 aromatic rings. The summed E-state index contributed by atoms with van der Waals surface area (Å²) in [7, 11) is 0. The van der Waals surface area contributed by atoms with E-state index < -0.39 is 0 Å². The van der Waals surface area contributed by atoms with Crippen LogP contribution in [-0.4, -0.2) is 19.0 Å². The van der Waals surface area contributed by atoms with E-state index in [1.807, 2.05) is 13.8 Å². The van der Waals surface area contributed by atoms with E-state index in [9.17, 15) is 4.79 Å². The Morgan fingerprint density at radius 3 is 2.40 bits per heavy atom. The molecule has 0 saturated carbocycles. The van der Waals surface area contributed by atoms with Gasteiger partial charge in [-0.2, -0.15) is 0 Å². The molecular formula is C15H15BrO4. The third-order valence-electron chi connectivity index (χ3n) is 2.62. The first-order chi connectivity index (χ1) is 9.67. The molecule has 0 radical (unpaired) electrons. The molecule has 0 N–H and O–H groups in total. The number of ketones is 1. The quantitative estimate of drug-likeness (QED) is 0.745. The number of furan rings is 1. The summed E-state index contributed by atoms with van der Waals surface area (Å²) in [5.41, 5.74) is 0.479. The highest BCUT2D eigenvalue weighted by molar-refractivity contribution is 9.10. The highest BCUT2D eigenvalue weighted by Crippen LogP contribution is 2.34. The van der Waals surface area contributed by atoms with Crippen molar-refractivity contribution in [1.29, 1.82) is 0 Å². The molecule has 5 heteroatoms. The standard InChI is InChI=1S/C15H15BrO4/c1-3-18-13-8-10(11(16)9-14(13)19-4-2)15(17)12-6-5-7-20-12/h5-9H,3-4H2,1-2H3. The van der Waals surface area contributed by atoms with Crippen molar-refractivity contribution in [1.82, 2.24) is 0 Å². The van der Waals surface area contributed by atoms with Crippen LogP contribution in [0.1, 0.15) is 30.0 Å². The predicted octanol–water partition coefficient (Wildman–Crippen LogP) is 4.07. The number of halogens is 1. The smallest absolute Gasteiger partial charge is 0.229 e. The summed E-state index contributed by atoms with van der Waals surface area (Å²) in [5, 5.41) is 0. The van der Waals surface area contributed by atoms with Gasteiger partial charge in [0, 0.05) is 10.0 Å². The number of hydrogen-bond donors (Lipinski definition) is 0. The fraction of sp³-hybridized carbons (Fsp3) is 0.267. The van der Waals surface area contributed by atoms with Crippen LogP contribution in [0.5, 0.6) is 11.5 Å². The van der Waals surface area contributed by atoms with Crippen LogP contribution in [-0.2, 0) is 0 Å². The molecule has 1 aromatic heterocycles. The second-order valence-corrected chi connectivity index (χ2v) is 4.81. The van der Waals surface area contributed by atoms with Crippen molar-refractivity contribution in [3.05, 3.63) is 46.3 Å². The van der Waals surface area contributed by atoms with Gasteiger partial charge in [-0.25, -0.2) is 0 Å². The fourth-order valence-corrected chi connectivity index (χ4v) is 2.29. The molecule has 1 heterocycles. The summed E-state index contributed by atoms with van der Waals surface area (Å²) in [6.07, 6.45) is 1.47. The molecule has 2 rings (SSSR count). The van der Waals surface area contributed by atoms with Crippen LogP contribution in [0, 0.1) is 0 Å². The summed E-state index contributed by atoms with van der Waals surface area (Å²) >= 11 is 3.39. The third-order valence-corrected chi connectivity index (χ3v) is 3.28. The van der Waals surface area contributed by atoms with Crippen LogP contribution in [0.3, 0.4) is 0 Å². The van der Waals surface area contributed by atoms with Crippen LogP contribution in [0.4, 0.5) is 0 Å². The summed E-state index contributed by atoms with van der Waals surface area (Å²) in [4.78, 5) is 12.3. The molecule has 0 fully saturated rings. The first-order valence-electron chi connectivity index (χ1n) is 6.34. The second-order valence-electron chi connectivity index (χ2n) is 3.95. The lowest BCUT2D eigenvalue weighted by atomic mass is 10.1. The maximum atomic E-state index is 12.3. The molecule has 0 bridgehead atoms. The SMILES string of the molecule is CCOc1cc(Br)c(C(=O)c2ccco2)cc1OCC. The van der Waals surface area contributed by atoms with Crippen LogP contribution in [0.2, 0.25) is 0 Å². The topological polar surface area (TPSA) is 48.7 Å². The molecule has 20 heavy (non-hydrogen) atoms. The van der Waals surface area contributed by atoms with Crippen LogP contribution < -0.4 is 9.47 Å². The minimum Gasteiger partial charge on any atom is -0.490 e. The van der Waals surface area contributed by atoms with Gasteiger partial charge in [-0.05, 0) is 54.0 Å². The van der Waals surface area contributed by atoms with Crippen molar-refractivity contribution in [3.8, 4) is 11.5 Å². The lowest BCUT2D eigenvalue weighted by molar-refractivity contribution is 0.101. The number of ether oxygens (including phenoxy) is 2. The Morgan fingerprint density at radius 1 is 1.20 bits per heavy atom. The van der Waals surface area contributed by atoms with Gasteiger partial charge in [0.15, 0.2) is 17.3 Å². The summed E-state index contributed by atoms with van der Waals surface area (Å²) in [5.74, 6) is 1.24. The summed E-state index contributed by atoms with van der Waals surface area (Å²) < 4.78 is 16.8. The molecule has 0 atom stereocenters. The molecule has 0 aliphatic rings. The molecule has 4 nitrogen and oxygen atoms in total. The number of benzene rings is 1. The van der Waals surface area contributed by atoms with E-state index in [-0.39, 0.29) is 11.5 Å². The van der Waals surface area contributed by atoms with Gasteiger partial charge in [-0.3, -0.25) is 4.79 Å². The van der Waals surface area contributed by atoms with E-state index in [0.29, 0.717) is 34.7 Å². The minimum atomic E-state index is -0.203. The molecule has 0 aliphatic heterocycles. The van der Waals surface area contributed by atoms with Crippen molar-refractivity contribution in [2.75, 3.05) is 13.2 Å². The highest BCUT2D eigenvalue weighted by atomic mass is 79.9. The van der Waals surface area contributed by atoms with Gasteiger partial charge in [0.2, 0.25) is 5.78 Å². The first kappa shape index (κ1) is 14.7. The number of carbonyl (C=O) groups excluding carboxylic acids is 1. The summed E-state index contributed by atoms with van der Waals surface area (Å²) in [6, 6.07) is 6.72. The Morgan fingerprint density at radius 2 is 1.85 bits per heavy atom. The Kier molecular flexibility index (Phi) is 4.84. The molecule has 1 aromatic carbocycles. The van der Waals surface area contributed by atoms with Crippen molar-refractivity contribution < 1.29 is 18.7 Å². The number of hydrogen-bond acceptors (Lipinski definition) is 4. The van der Waals surface area contributed by atoms with Crippen molar-refractivity contribution in [2.24, 2.45) is 0 Å². The van der Waals surface area contributed by atoms with E-state index in [4.69, 9.17) is 13.9 Å². The van der Waals surface area contributed by atoms with Gasteiger partial charge in [0.05, 0.1) is 19.5 Å². The Bertz CT molecular complexity index is 590. The summed E-state index contributed by atoms with van der Waals surface area (Å²) in [6.45, 7) is 4.80. The van der Waals surface area contributed by atoms with Crippen molar-refractivity contribution in [3.63, 3.8) is 0 Å². The zero-order chi connectivity index (χ0) is 14.5. The normalized spacial score (nSPS) is 10.3. The fourth-order valence-electron chi connectivity index (χ4n) is 1.79. The highest BCUT2D eigenvalue weighted by Gasteiger charge is 2.19. The average molecular weight is 339 g/mol. The lowest BCUT2D eigenvalue weighted by Gasteiger charge is -2.13. The average Bonchev–Trinajstić information content (AvgIpc) is 2.95. The van der Waals surface area contributed by atoms with Crippen LogP contribution >= 0.6 is 15.9 Å². The number of rotatable bonds is 6.